The smallest absolute Gasteiger partial charge is 0.186 e. The van der Waals surface area contributed by atoms with Crippen molar-refractivity contribution in [3.05, 3.63) is 11.6 Å². The van der Waals surface area contributed by atoms with Crippen molar-refractivity contribution < 1.29 is 45.2 Å². The van der Waals surface area contributed by atoms with Gasteiger partial charge in [0.2, 0.25) is 0 Å². The zero-order valence-electron chi connectivity index (χ0n) is 28.9. The van der Waals surface area contributed by atoms with Crippen LogP contribution in [0.15, 0.2) is 11.6 Å². The van der Waals surface area contributed by atoms with Crippen LogP contribution in [0.4, 0.5) is 0 Å². The van der Waals surface area contributed by atoms with Crippen LogP contribution in [0.1, 0.15) is 113 Å². The molecule has 5 aliphatic rings. The third kappa shape index (κ3) is 5.21. The third-order valence-electron chi connectivity index (χ3n) is 14.7. The number of fused-ring (bicyclic) bond motifs is 5. The molecule has 0 aromatic heterocycles. The van der Waals surface area contributed by atoms with Gasteiger partial charge < -0.3 is 45.2 Å². The topological polar surface area (TPSA) is 160 Å². The minimum Gasteiger partial charge on any atom is -0.394 e. The highest BCUT2D eigenvalue weighted by atomic mass is 16.7. The van der Waals surface area contributed by atoms with Gasteiger partial charge in [-0.05, 0) is 112 Å². The molecule has 9 nitrogen and oxygen atoms in total. The van der Waals surface area contributed by atoms with Crippen molar-refractivity contribution in [3.63, 3.8) is 0 Å². The van der Waals surface area contributed by atoms with Gasteiger partial charge in [0, 0.05) is 5.92 Å². The molecule has 9 heteroatoms. The summed E-state index contributed by atoms with van der Waals surface area (Å²) in [6, 6.07) is 0. The molecule has 1 saturated heterocycles. The van der Waals surface area contributed by atoms with Crippen molar-refractivity contribution in [1.29, 1.82) is 0 Å². The number of aliphatic hydroxyl groups is 7. The molecule has 0 spiro atoms. The van der Waals surface area contributed by atoms with E-state index in [1.54, 1.807) is 6.92 Å². The van der Waals surface area contributed by atoms with Gasteiger partial charge in [0.15, 0.2) is 6.29 Å². The maximum Gasteiger partial charge on any atom is 0.186 e. The van der Waals surface area contributed by atoms with Crippen molar-refractivity contribution in [2.75, 3.05) is 6.61 Å². The van der Waals surface area contributed by atoms with Crippen LogP contribution in [0.25, 0.3) is 0 Å². The summed E-state index contributed by atoms with van der Waals surface area (Å²) in [5.74, 6) is -0.0698. The van der Waals surface area contributed by atoms with Crippen LogP contribution >= 0.6 is 0 Å². The van der Waals surface area contributed by atoms with Crippen molar-refractivity contribution in [2.24, 2.45) is 39.4 Å². The molecule has 260 valence electrons. The molecule has 0 unspecified atom stereocenters. The average molecular weight is 639 g/mol. The fraction of sp³-hybridized carbons (Fsp3) is 0.944. The first kappa shape index (κ1) is 35.7. The van der Waals surface area contributed by atoms with Gasteiger partial charge in [-0.25, -0.2) is 0 Å². The fourth-order valence-corrected chi connectivity index (χ4v) is 11.7. The number of ether oxygens (including phenoxy) is 2. The van der Waals surface area contributed by atoms with Gasteiger partial charge in [0.25, 0.3) is 0 Å². The molecule has 7 N–H and O–H groups in total. The lowest BCUT2D eigenvalue weighted by molar-refractivity contribution is -0.343. The maximum atomic E-state index is 12.8. The van der Waals surface area contributed by atoms with Gasteiger partial charge in [0.05, 0.1) is 30.0 Å². The van der Waals surface area contributed by atoms with Crippen LogP contribution in [0.5, 0.6) is 0 Å². The Morgan fingerprint density at radius 1 is 0.889 bits per heavy atom. The van der Waals surface area contributed by atoms with E-state index < -0.39 is 66.0 Å². The molecule has 0 bridgehead atoms. The first-order valence-corrected chi connectivity index (χ1v) is 17.4. The molecule has 0 aromatic rings. The fourth-order valence-electron chi connectivity index (χ4n) is 11.7. The van der Waals surface area contributed by atoms with E-state index in [-0.39, 0.29) is 34.2 Å². The highest BCUT2D eigenvalue weighted by Crippen LogP contribution is 2.76. The molecule has 4 saturated carbocycles. The normalized spacial score (nSPS) is 52.2. The summed E-state index contributed by atoms with van der Waals surface area (Å²) in [5.41, 5.74) is -2.80. The molecule has 15 atom stereocenters. The van der Waals surface area contributed by atoms with Crippen LogP contribution in [0.3, 0.4) is 0 Å². The maximum absolute atomic E-state index is 12.8. The predicted molar refractivity (Wildman–Crippen MR) is 170 cm³/mol. The lowest BCUT2D eigenvalue weighted by atomic mass is 9.35. The molecular weight excluding hydrogens is 576 g/mol. The Morgan fingerprint density at radius 2 is 1.56 bits per heavy atom. The van der Waals surface area contributed by atoms with E-state index in [4.69, 9.17) is 9.47 Å². The van der Waals surface area contributed by atoms with E-state index in [0.29, 0.717) is 38.5 Å². The van der Waals surface area contributed by atoms with Crippen LogP contribution in [0, 0.1) is 39.4 Å². The SMILES string of the molecule is CC(C)=CCC[C@](C)(O)[C@@]1(O)CC[C@]2(C)[C@@H]1[C@H](O[C@@H]1O[C@H](CO)[C@@H](O)[C@H](O)[C@H]1O)C[C@@H]1[C@@]3(C)CC[C@@H](O)C(C)(C)[C@@H]3CC[C@]12C. The zero-order chi connectivity index (χ0) is 33.5. The van der Waals surface area contributed by atoms with Gasteiger partial charge in [-0.3, -0.25) is 0 Å². The van der Waals surface area contributed by atoms with Gasteiger partial charge in [-0.2, -0.15) is 0 Å². The van der Waals surface area contributed by atoms with E-state index in [0.717, 1.165) is 24.8 Å². The molecular formula is C36H62O9. The van der Waals surface area contributed by atoms with Crippen LogP contribution in [-0.4, -0.2) is 96.5 Å². The predicted octanol–water partition coefficient (Wildman–Crippen LogP) is 3.44. The summed E-state index contributed by atoms with van der Waals surface area (Å²) < 4.78 is 12.6. The van der Waals surface area contributed by atoms with E-state index in [2.05, 4.69) is 40.7 Å². The number of hydrogen-bond acceptors (Lipinski definition) is 9. The zero-order valence-corrected chi connectivity index (χ0v) is 28.9. The molecule has 4 aliphatic carbocycles. The Morgan fingerprint density at radius 3 is 2.18 bits per heavy atom. The summed E-state index contributed by atoms with van der Waals surface area (Å²) in [4.78, 5) is 0. The third-order valence-corrected chi connectivity index (χ3v) is 14.7. The van der Waals surface area contributed by atoms with Gasteiger partial charge in [-0.1, -0.05) is 46.3 Å². The Kier molecular flexibility index (Phi) is 9.33. The second-order valence-electron chi connectivity index (χ2n) is 17.5. The summed E-state index contributed by atoms with van der Waals surface area (Å²) >= 11 is 0. The number of hydrogen-bond donors (Lipinski definition) is 7. The summed E-state index contributed by atoms with van der Waals surface area (Å²) in [6.07, 6.45) is 0.112. The highest BCUT2D eigenvalue weighted by Gasteiger charge is 2.75. The number of allylic oxidation sites excluding steroid dienone is 2. The quantitative estimate of drug-likeness (QED) is 0.164. The Bertz CT molecular complexity index is 1120. The first-order chi connectivity index (χ1) is 20.7. The van der Waals surface area contributed by atoms with Crippen LogP contribution in [0.2, 0.25) is 0 Å². The number of rotatable bonds is 7. The second-order valence-corrected chi connectivity index (χ2v) is 17.5. The molecule has 0 amide bonds. The minimum absolute atomic E-state index is 0.118. The van der Waals surface area contributed by atoms with Crippen LogP contribution < -0.4 is 0 Å². The van der Waals surface area contributed by atoms with E-state index in [9.17, 15) is 35.7 Å². The molecule has 1 aliphatic heterocycles. The van der Waals surface area contributed by atoms with Gasteiger partial charge in [0.1, 0.15) is 24.4 Å². The van der Waals surface area contributed by atoms with E-state index in [1.807, 2.05) is 13.8 Å². The molecule has 1 heterocycles. The lowest BCUT2D eigenvalue weighted by Crippen LogP contribution is -2.70. The Balaban J connectivity index is 1.59. The van der Waals surface area contributed by atoms with Gasteiger partial charge >= 0.3 is 0 Å². The van der Waals surface area contributed by atoms with Crippen molar-refractivity contribution in [3.8, 4) is 0 Å². The van der Waals surface area contributed by atoms with Crippen molar-refractivity contribution in [2.45, 2.75) is 167 Å². The summed E-state index contributed by atoms with van der Waals surface area (Å²) in [6.45, 7) is 16.6. The molecule has 5 rings (SSSR count). The van der Waals surface area contributed by atoms with Gasteiger partial charge in [-0.15, -0.1) is 0 Å². The monoisotopic (exact) mass is 638 g/mol. The minimum atomic E-state index is -1.58. The van der Waals surface area contributed by atoms with Crippen molar-refractivity contribution >= 4 is 0 Å². The largest absolute Gasteiger partial charge is 0.394 e. The summed E-state index contributed by atoms with van der Waals surface area (Å²) in [5, 5.41) is 78.1. The average Bonchev–Trinajstić information content (AvgIpc) is 3.26. The Hall–Kier alpha value is -0.620. The molecule has 0 aromatic carbocycles. The first-order valence-electron chi connectivity index (χ1n) is 17.4. The standard InChI is InChI=1S/C36H62O9/c1-20(2)10-9-13-35(8,42)36(43)17-16-34(7)29(36)21(44-30-28(41)27(40)26(39)22(19-37)45-30)18-24-32(5)14-12-25(38)31(3,4)23(32)11-15-33(24,34)6/h10,21-30,37-43H,9,11-19H2,1-8H3/t21-,22-,23+,24-,25-,26-,27+,28-,29+,30-,32+,33-,34-,35+,36-/m1/s1. The number of aliphatic hydroxyl groups excluding tert-OH is 5. The van der Waals surface area contributed by atoms with Crippen LogP contribution in [-0.2, 0) is 9.47 Å². The lowest BCUT2D eigenvalue weighted by Gasteiger charge is -2.71. The van der Waals surface area contributed by atoms with Crippen molar-refractivity contribution in [1.82, 2.24) is 0 Å². The highest BCUT2D eigenvalue weighted by molar-refractivity contribution is 5.24. The second kappa shape index (κ2) is 11.8. The van der Waals surface area contributed by atoms with E-state index in [1.165, 1.54) is 0 Å². The molecule has 5 fully saturated rings. The van der Waals surface area contributed by atoms with E-state index >= 15 is 0 Å². The Labute approximate surface area is 270 Å². The summed E-state index contributed by atoms with van der Waals surface area (Å²) in [7, 11) is 0. The molecule has 45 heavy (non-hydrogen) atoms. The molecule has 0 radical (unpaired) electrons.